The molecule has 0 saturated carbocycles. The molecule has 1 N–H and O–H groups in total. The molecule has 0 fully saturated rings. The number of nitrogens with zero attached hydrogens (tertiary/aromatic N) is 1. The summed E-state index contributed by atoms with van der Waals surface area (Å²) in [4.78, 5) is 12.5. The SMILES string of the molecule is COc1ccc(OC)c(N(C)CCCCC(=O)O)c1. The summed E-state index contributed by atoms with van der Waals surface area (Å²) in [5.41, 5.74) is 0.942. The normalized spacial score (nSPS) is 10.1. The van der Waals surface area contributed by atoms with Gasteiger partial charge in [-0.3, -0.25) is 4.79 Å². The van der Waals surface area contributed by atoms with Gasteiger partial charge in [-0.15, -0.1) is 0 Å². The quantitative estimate of drug-likeness (QED) is 0.733. The van der Waals surface area contributed by atoms with E-state index in [0.29, 0.717) is 6.42 Å². The molecule has 0 heterocycles. The maximum absolute atomic E-state index is 10.4. The number of ether oxygens (including phenoxy) is 2. The molecule has 0 aliphatic heterocycles. The minimum Gasteiger partial charge on any atom is -0.497 e. The van der Waals surface area contributed by atoms with Crippen LogP contribution in [0.3, 0.4) is 0 Å². The van der Waals surface area contributed by atoms with Gasteiger partial charge in [0.25, 0.3) is 0 Å². The van der Waals surface area contributed by atoms with Crippen molar-refractivity contribution in [3.8, 4) is 11.5 Å². The number of hydrogen-bond donors (Lipinski definition) is 1. The molecule has 19 heavy (non-hydrogen) atoms. The lowest BCUT2D eigenvalue weighted by atomic mass is 10.2. The second-order valence-electron chi connectivity index (χ2n) is 4.31. The summed E-state index contributed by atoms with van der Waals surface area (Å²) in [6.07, 6.45) is 1.71. The number of carbonyl (C=O) groups is 1. The van der Waals surface area contributed by atoms with Gasteiger partial charge in [0.1, 0.15) is 11.5 Å². The molecule has 106 valence electrons. The van der Waals surface area contributed by atoms with Crippen LogP contribution in [-0.4, -0.2) is 38.9 Å². The highest BCUT2D eigenvalue weighted by Crippen LogP contribution is 2.31. The smallest absolute Gasteiger partial charge is 0.303 e. The van der Waals surface area contributed by atoms with E-state index in [0.717, 1.165) is 30.2 Å². The number of unbranched alkanes of at least 4 members (excludes halogenated alkanes) is 1. The Morgan fingerprint density at radius 1 is 1.26 bits per heavy atom. The minimum absolute atomic E-state index is 0.211. The van der Waals surface area contributed by atoms with Crippen LogP contribution in [0.4, 0.5) is 5.69 Å². The molecule has 0 amide bonds. The summed E-state index contributed by atoms with van der Waals surface area (Å²) in [7, 11) is 5.21. The lowest BCUT2D eigenvalue weighted by Gasteiger charge is -2.22. The number of aliphatic carboxylic acids is 1. The molecule has 1 aromatic rings. The molecule has 0 saturated heterocycles. The van der Waals surface area contributed by atoms with Gasteiger partial charge in [-0.05, 0) is 25.0 Å². The predicted molar refractivity (Wildman–Crippen MR) is 74.3 cm³/mol. The second-order valence-corrected chi connectivity index (χ2v) is 4.31. The fraction of sp³-hybridized carbons (Fsp3) is 0.500. The Bertz CT molecular complexity index is 420. The van der Waals surface area contributed by atoms with Crippen LogP contribution in [0.25, 0.3) is 0 Å². The molecular formula is C14H21NO4. The van der Waals surface area contributed by atoms with Gasteiger partial charge >= 0.3 is 5.97 Å². The van der Waals surface area contributed by atoms with E-state index in [1.165, 1.54) is 0 Å². The van der Waals surface area contributed by atoms with Gasteiger partial charge in [-0.1, -0.05) is 0 Å². The molecule has 5 heteroatoms. The highest BCUT2D eigenvalue weighted by Gasteiger charge is 2.09. The number of carboxylic acids is 1. The summed E-state index contributed by atoms with van der Waals surface area (Å²) < 4.78 is 10.5. The zero-order valence-corrected chi connectivity index (χ0v) is 11.7. The number of benzene rings is 1. The first-order chi connectivity index (χ1) is 9.08. The molecule has 5 nitrogen and oxygen atoms in total. The highest BCUT2D eigenvalue weighted by molar-refractivity contribution is 5.66. The average Bonchev–Trinajstić information content (AvgIpc) is 2.42. The second kappa shape index (κ2) is 7.51. The predicted octanol–water partition coefficient (Wildman–Crippen LogP) is 2.39. The van der Waals surface area contributed by atoms with Gasteiger partial charge in [-0.2, -0.15) is 0 Å². The van der Waals surface area contributed by atoms with E-state index in [2.05, 4.69) is 0 Å². The van der Waals surface area contributed by atoms with E-state index in [9.17, 15) is 4.79 Å². The minimum atomic E-state index is -0.749. The summed E-state index contributed by atoms with van der Waals surface area (Å²) >= 11 is 0. The van der Waals surface area contributed by atoms with E-state index in [1.54, 1.807) is 14.2 Å². The van der Waals surface area contributed by atoms with Crippen molar-refractivity contribution >= 4 is 11.7 Å². The van der Waals surface area contributed by atoms with Crippen molar-refractivity contribution in [3.63, 3.8) is 0 Å². The van der Waals surface area contributed by atoms with Crippen LogP contribution in [0.5, 0.6) is 11.5 Å². The van der Waals surface area contributed by atoms with E-state index in [1.807, 2.05) is 30.1 Å². The maximum atomic E-state index is 10.4. The first-order valence-corrected chi connectivity index (χ1v) is 6.23. The third-order valence-electron chi connectivity index (χ3n) is 2.93. The summed E-state index contributed by atoms with van der Waals surface area (Å²) in [5, 5.41) is 8.60. The third-order valence-corrected chi connectivity index (χ3v) is 2.93. The Balaban J connectivity index is 2.63. The van der Waals surface area contributed by atoms with Crippen LogP contribution in [0.2, 0.25) is 0 Å². The fourth-order valence-electron chi connectivity index (χ4n) is 1.84. The molecule has 1 rings (SSSR count). The van der Waals surface area contributed by atoms with E-state index >= 15 is 0 Å². The molecule has 1 aromatic carbocycles. The highest BCUT2D eigenvalue weighted by atomic mass is 16.5. The number of anilines is 1. The summed E-state index contributed by atoms with van der Waals surface area (Å²) in [6.45, 7) is 0.775. The number of methoxy groups -OCH3 is 2. The van der Waals surface area contributed by atoms with Crippen LogP contribution in [-0.2, 0) is 4.79 Å². The molecule has 0 unspecified atom stereocenters. The van der Waals surface area contributed by atoms with E-state index in [4.69, 9.17) is 14.6 Å². The van der Waals surface area contributed by atoms with Crippen LogP contribution < -0.4 is 14.4 Å². The van der Waals surface area contributed by atoms with Gasteiger partial charge in [0.15, 0.2) is 0 Å². The van der Waals surface area contributed by atoms with E-state index in [-0.39, 0.29) is 6.42 Å². The average molecular weight is 267 g/mol. The molecule has 0 aliphatic rings. The number of carboxylic acid groups (broad SMARTS) is 1. The number of hydrogen-bond acceptors (Lipinski definition) is 4. The Morgan fingerprint density at radius 3 is 2.58 bits per heavy atom. The molecule has 0 radical (unpaired) electrons. The Hall–Kier alpha value is -1.91. The first-order valence-electron chi connectivity index (χ1n) is 6.23. The molecular weight excluding hydrogens is 246 g/mol. The van der Waals surface area contributed by atoms with Crippen LogP contribution in [0.15, 0.2) is 18.2 Å². The van der Waals surface area contributed by atoms with Crippen LogP contribution in [0, 0.1) is 0 Å². The van der Waals surface area contributed by atoms with Gasteiger partial charge in [-0.25, -0.2) is 0 Å². The number of rotatable bonds is 8. The zero-order valence-electron chi connectivity index (χ0n) is 11.7. The van der Waals surface area contributed by atoms with Crippen molar-refractivity contribution in [2.45, 2.75) is 19.3 Å². The van der Waals surface area contributed by atoms with Crippen molar-refractivity contribution in [1.29, 1.82) is 0 Å². The molecule has 0 atom stereocenters. The Labute approximate surface area is 113 Å². The van der Waals surface area contributed by atoms with Crippen molar-refractivity contribution in [3.05, 3.63) is 18.2 Å². The first kappa shape index (κ1) is 15.1. The van der Waals surface area contributed by atoms with Gasteiger partial charge in [0.05, 0.1) is 19.9 Å². The summed E-state index contributed by atoms with van der Waals surface area (Å²) in [5.74, 6) is 0.802. The van der Waals surface area contributed by atoms with Gasteiger partial charge in [0.2, 0.25) is 0 Å². The Kier molecular flexibility index (Phi) is 5.99. The van der Waals surface area contributed by atoms with Gasteiger partial charge < -0.3 is 19.5 Å². The van der Waals surface area contributed by atoms with Crippen molar-refractivity contribution in [2.75, 3.05) is 32.7 Å². The fourth-order valence-corrected chi connectivity index (χ4v) is 1.84. The lowest BCUT2D eigenvalue weighted by Crippen LogP contribution is -2.19. The summed E-state index contributed by atoms with van der Waals surface area (Å²) in [6, 6.07) is 5.62. The monoisotopic (exact) mass is 267 g/mol. The standard InChI is InChI=1S/C14H21NO4/c1-15(9-5-4-6-14(16)17)12-10-11(18-2)7-8-13(12)19-3/h7-8,10H,4-6,9H2,1-3H3,(H,16,17). The Morgan fingerprint density at radius 2 is 2.00 bits per heavy atom. The molecule has 0 aliphatic carbocycles. The van der Waals surface area contributed by atoms with Crippen LogP contribution in [0.1, 0.15) is 19.3 Å². The largest absolute Gasteiger partial charge is 0.497 e. The lowest BCUT2D eigenvalue weighted by molar-refractivity contribution is -0.137. The van der Waals surface area contributed by atoms with Crippen molar-refractivity contribution in [1.82, 2.24) is 0 Å². The van der Waals surface area contributed by atoms with Gasteiger partial charge in [0, 0.05) is 26.1 Å². The topological polar surface area (TPSA) is 59.0 Å². The maximum Gasteiger partial charge on any atom is 0.303 e. The molecule has 0 bridgehead atoms. The van der Waals surface area contributed by atoms with E-state index < -0.39 is 5.97 Å². The van der Waals surface area contributed by atoms with Crippen molar-refractivity contribution < 1.29 is 19.4 Å². The molecule has 0 spiro atoms. The third kappa shape index (κ3) is 4.69. The zero-order chi connectivity index (χ0) is 14.3. The van der Waals surface area contributed by atoms with Crippen molar-refractivity contribution in [2.24, 2.45) is 0 Å². The van der Waals surface area contributed by atoms with Crippen LogP contribution >= 0.6 is 0 Å². The molecule has 0 aromatic heterocycles.